The number of rotatable bonds is 7. The maximum absolute atomic E-state index is 12.4. The van der Waals surface area contributed by atoms with E-state index >= 15 is 0 Å². The molecule has 0 aliphatic rings. The second-order valence-electron chi connectivity index (χ2n) is 5.06. The van der Waals surface area contributed by atoms with Crippen molar-refractivity contribution in [1.29, 1.82) is 0 Å². The first kappa shape index (κ1) is 17.2. The lowest BCUT2D eigenvalue weighted by atomic mass is 9.91. The van der Waals surface area contributed by atoms with Crippen molar-refractivity contribution in [2.75, 3.05) is 12.4 Å². The molecular formula is C17H18O5S. The summed E-state index contributed by atoms with van der Waals surface area (Å²) in [6, 6.07) is 18.5. The van der Waals surface area contributed by atoms with Crippen molar-refractivity contribution in [1.82, 2.24) is 0 Å². The maximum atomic E-state index is 12.4. The largest absolute Gasteiger partial charge is 0.465 e. The first-order valence-corrected chi connectivity index (χ1v) is 8.80. The quantitative estimate of drug-likeness (QED) is 0.478. The van der Waals surface area contributed by atoms with Gasteiger partial charge in [-0.25, -0.2) is 0 Å². The van der Waals surface area contributed by atoms with Gasteiger partial charge < -0.3 is 4.74 Å². The molecule has 0 bridgehead atoms. The summed E-state index contributed by atoms with van der Waals surface area (Å²) in [7, 11) is -4.04. The van der Waals surface area contributed by atoms with Gasteiger partial charge in [0.1, 0.15) is 5.92 Å². The normalized spacial score (nSPS) is 11.4. The Balaban J connectivity index is 2.10. The van der Waals surface area contributed by atoms with E-state index in [1.54, 1.807) is 0 Å². The molecule has 0 aliphatic heterocycles. The fourth-order valence-electron chi connectivity index (χ4n) is 2.25. The van der Waals surface area contributed by atoms with E-state index in [0.717, 1.165) is 11.1 Å². The summed E-state index contributed by atoms with van der Waals surface area (Å²) >= 11 is 0. The molecule has 122 valence electrons. The fourth-order valence-corrected chi connectivity index (χ4v) is 2.74. The molecule has 1 N–H and O–H groups in total. The van der Waals surface area contributed by atoms with E-state index in [4.69, 9.17) is 9.29 Å². The second-order valence-corrected chi connectivity index (χ2v) is 6.63. The number of hydrogen-bond acceptors (Lipinski definition) is 4. The number of hydrogen-bond donors (Lipinski definition) is 1. The Morgan fingerprint density at radius 2 is 1.43 bits per heavy atom. The number of ether oxygens (including phenoxy) is 1. The van der Waals surface area contributed by atoms with Gasteiger partial charge in [0.2, 0.25) is 0 Å². The highest BCUT2D eigenvalue weighted by atomic mass is 32.2. The highest BCUT2D eigenvalue weighted by Gasteiger charge is 2.24. The lowest BCUT2D eigenvalue weighted by Crippen LogP contribution is -2.19. The number of esters is 1. The van der Waals surface area contributed by atoms with E-state index in [1.165, 1.54) is 0 Å². The van der Waals surface area contributed by atoms with Crippen LogP contribution in [-0.4, -0.2) is 31.3 Å². The summed E-state index contributed by atoms with van der Waals surface area (Å²) in [5.41, 5.74) is 1.61. The highest BCUT2D eigenvalue weighted by molar-refractivity contribution is 7.85. The molecule has 0 amide bonds. The monoisotopic (exact) mass is 334 g/mol. The summed E-state index contributed by atoms with van der Waals surface area (Å²) in [5.74, 6) is -1.44. The standard InChI is InChI=1S/C17H18O5S/c18-17(22-12-7-13-23(19,20)21)16(14-8-3-1-4-9-14)15-10-5-2-6-11-15/h1-6,8-11,16H,7,12-13H2,(H,19,20,21). The summed E-state index contributed by atoms with van der Waals surface area (Å²) < 4.78 is 35.2. The van der Waals surface area contributed by atoms with Crippen LogP contribution in [0, 0.1) is 0 Å². The molecule has 2 aromatic rings. The van der Waals surface area contributed by atoms with Gasteiger partial charge in [0.15, 0.2) is 0 Å². The predicted molar refractivity (Wildman–Crippen MR) is 86.7 cm³/mol. The third-order valence-electron chi connectivity index (χ3n) is 3.29. The molecule has 6 heteroatoms. The molecule has 0 atom stereocenters. The molecule has 0 radical (unpaired) electrons. The number of carbonyl (C=O) groups is 1. The molecule has 2 aromatic carbocycles. The van der Waals surface area contributed by atoms with Crippen molar-refractivity contribution < 1.29 is 22.5 Å². The summed E-state index contributed by atoms with van der Waals surface area (Å²) in [4.78, 5) is 12.4. The van der Waals surface area contributed by atoms with Crippen LogP contribution in [0.4, 0.5) is 0 Å². The van der Waals surface area contributed by atoms with Gasteiger partial charge in [-0.2, -0.15) is 8.42 Å². The van der Waals surface area contributed by atoms with Crippen LogP contribution in [0.1, 0.15) is 23.5 Å². The van der Waals surface area contributed by atoms with Gasteiger partial charge in [-0.15, -0.1) is 0 Å². The minimum Gasteiger partial charge on any atom is -0.465 e. The molecule has 0 saturated heterocycles. The van der Waals surface area contributed by atoms with Crippen LogP contribution in [0.25, 0.3) is 0 Å². The maximum Gasteiger partial charge on any atom is 0.317 e. The molecule has 0 fully saturated rings. The Morgan fingerprint density at radius 1 is 0.957 bits per heavy atom. The van der Waals surface area contributed by atoms with Crippen LogP contribution in [0.2, 0.25) is 0 Å². The second kappa shape index (κ2) is 7.89. The summed E-state index contributed by atoms with van der Waals surface area (Å²) in [6.07, 6.45) is 0.0564. The zero-order valence-electron chi connectivity index (χ0n) is 12.5. The Hall–Kier alpha value is -2.18. The first-order valence-electron chi connectivity index (χ1n) is 7.19. The topological polar surface area (TPSA) is 80.7 Å². The molecule has 0 unspecified atom stereocenters. The van der Waals surface area contributed by atoms with E-state index in [-0.39, 0.29) is 13.0 Å². The van der Waals surface area contributed by atoms with Crippen molar-refractivity contribution >= 4 is 16.1 Å². The third-order valence-corrected chi connectivity index (χ3v) is 4.10. The van der Waals surface area contributed by atoms with Gasteiger partial charge in [0.25, 0.3) is 10.1 Å². The van der Waals surface area contributed by atoms with Crippen molar-refractivity contribution in [2.24, 2.45) is 0 Å². The molecule has 0 spiro atoms. The smallest absolute Gasteiger partial charge is 0.317 e. The van der Waals surface area contributed by atoms with Crippen LogP contribution in [0.3, 0.4) is 0 Å². The Bertz CT molecular complexity index is 687. The highest BCUT2D eigenvalue weighted by Crippen LogP contribution is 2.25. The minimum atomic E-state index is -4.04. The Labute approximate surface area is 135 Å². The van der Waals surface area contributed by atoms with Gasteiger partial charge in [0.05, 0.1) is 12.4 Å². The van der Waals surface area contributed by atoms with Crippen LogP contribution >= 0.6 is 0 Å². The van der Waals surface area contributed by atoms with Crippen molar-refractivity contribution in [2.45, 2.75) is 12.3 Å². The summed E-state index contributed by atoms with van der Waals surface area (Å²) in [5, 5.41) is 0. The van der Waals surface area contributed by atoms with Gasteiger partial charge in [-0.1, -0.05) is 60.7 Å². The molecular weight excluding hydrogens is 316 g/mol. The zero-order chi connectivity index (χ0) is 16.7. The molecule has 23 heavy (non-hydrogen) atoms. The molecule has 0 aromatic heterocycles. The third kappa shape index (κ3) is 5.50. The number of benzene rings is 2. The lowest BCUT2D eigenvalue weighted by molar-refractivity contribution is -0.144. The molecule has 0 aliphatic carbocycles. The minimum absolute atomic E-state index is 0.0564. The average Bonchev–Trinajstić information content (AvgIpc) is 2.53. The molecule has 2 rings (SSSR count). The average molecular weight is 334 g/mol. The zero-order valence-corrected chi connectivity index (χ0v) is 13.3. The van der Waals surface area contributed by atoms with Gasteiger partial charge in [-0.05, 0) is 17.5 Å². The van der Waals surface area contributed by atoms with E-state index in [2.05, 4.69) is 0 Å². The first-order chi connectivity index (χ1) is 11.0. The van der Waals surface area contributed by atoms with E-state index in [0.29, 0.717) is 0 Å². The predicted octanol–water partition coefficient (Wildman–Crippen LogP) is 2.64. The van der Waals surface area contributed by atoms with Gasteiger partial charge >= 0.3 is 5.97 Å². The van der Waals surface area contributed by atoms with Crippen LogP contribution in [0.15, 0.2) is 60.7 Å². The fraction of sp³-hybridized carbons (Fsp3) is 0.235. The number of carbonyl (C=O) groups excluding carboxylic acids is 1. The van der Waals surface area contributed by atoms with Crippen LogP contribution in [0.5, 0.6) is 0 Å². The Morgan fingerprint density at radius 3 is 1.87 bits per heavy atom. The molecule has 5 nitrogen and oxygen atoms in total. The molecule has 0 saturated carbocycles. The van der Waals surface area contributed by atoms with Gasteiger partial charge in [-0.3, -0.25) is 9.35 Å². The van der Waals surface area contributed by atoms with Crippen molar-refractivity contribution in [3.8, 4) is 0 Å². The van der Waals surface area contributed by atoms with Gasteiger partial charge in [0, 0.05) is 0 Å². The van der Waals surface area contributed by atoms with Crippen LogP contribution in [-0.2, 0) is 19.6 Å². The SMILES string of the molecule is O=C(OCCCS(=O)(=O)O)C(c1ccccc1)c1ccccc1. The van der Waals surface area contributed by atoms with Crippen molar-refractivity contribution in [3.05, 3.63) is 71.8 Å². The van der Waals surface area contributed by atoms with Crippen molar-refractivity contribution in [3.63, 3.8) is 0 Å². The van der Waals surface area contributed by atoms with Crippen LogP contribution < -0.4 is 0 Å². The Kier molecular flexibility index (Phi) is 5.90. The molecule has 0 heterocycles. The van der Waals surface area contributed by atoms with E-state index in [1.807, 2.05) is 60.7 Å². The van der Waals surface area contributed by atoms with E-state index < -0.39 is 27.8 Å². The lowest BCUT2D eigenvalue weighted by Gasteiger charge is -2.17. The summed E-state index contributed by atoms with van der Waals surface area (Å²) in [6.45, 7) is -0.0607. The van der Waals surface area contributed by atoms with E-state index in [9.17, 15) is 13.2 Å².